The molecule has 0 bridgehead atoms. The first-order chi connectivity index (χ1) is 7.95. The zero-order valence-electron chi connectivity index (χ0n) is 8.81. The first-order valence-corrected chi connectivity index (χ1v) is 5.53. The van der Waals surface area contributed by atoms with Gasteiger partial charge < -0.3 is 36.4 Å². The second-order valence-corrected chi connectivity index (χ2v) is 3.46. The van der Waals surface area contributed by atoms with Crippen molar-refractivity contribution in [3.63, 3.8) is 0 Å². The van der Waals surface area contributed by atoms with Gasteiger partial charge in [-0.2, -0.15) is 4.99 Å². The van der Waals surface area contributed by atoms with Crippen molar-refractivity contribution in [3.05, 3.63) is 0 Å². The summed E-state index contributed by atoms with van der Waals surface area (Å²) in [5.74, 6) is -0.390. The van der Waals surface area contributed by atoms with Gasteiger partial charge >= 0.3 is 14.6 Å². The molecule has 0 rings (SSSR count). The number of guanidine groups is 1. The predicted octanol–water partition coefficient (Wildman–Crippen LogP) is -2.47. The molecular weight excluding hydrogens is 255 g/mol. The predicted molar refractivity (Wildman–Crippen MR) is 58.5 cm³/mol. The third kappa shape index (κ3) is 9.87. The van der Waals surface area contributed by atoms with Gasteiger partial charge in [0.2, 0.25) is 0 Å². The normalized spacial score (nSPS) is 12.2. The van der Waals surface area contributed by atoms with Crippen LogP contribution >= 0.6 is 8.60 Å². The van der Waals surface area contributed by atoms with Crippen LogP contribution in [0.1, 0.15) is 0 Å². The molecule has 0 spiro atoms. The van der Waals surface area contributed by atoms with Crippen LogP contribution in [0, 0.1) is 0 Å². The summed E-state index contributed by atoms with van der Waals surface area (Å²) in [7, 11) is -2.52. The zero-order chi connectivity index (χ0) is 13.3. The fraction of sp³-hybridized carbons (Fsp3) is 0.667. The molecule has 8 N–H and O–H groups in total. The average molecular weight is 270 g/mol. The number of hydrogen-bond donors (Lipinski definition) is 6. The van der Waals surface area contributed by atoms with Gasteiger partial charge in [-0.05, 0) is 0 Å². The summed E-state index contributed by atoms with van der Waals surface area (Å²) in [5, 5.41) is 11.1. The van der Waals surface area contributed by atoms with Crippen molar-refractivity contribution in [2.75, 3.05) is 19.9 Å². The standard InChI is InChI=1S/C6H15N4O6P/c7-5(8)10-6(12)9-1-4(2-11)15-3-16-17(13)14/h4,11,13-14H,1-3H2,(H5,7,8,9,10,12)/t4-/m0/s1. The molecule has 11 heteroatoms. The van der Waals surface area contributed by atoms with Crippen molar-refractivity contribution < 1.29 is 28.9 Å². The fourth-order valence-corrected chi connectivity index (χ4v) is 0.863. The molecule has 0 heterocycles. The number of nitrogens with one attached hydrogen (secondary N) is 1. The van der Waals surface area contributed by atoms with E-state index in [4.69, 9.17) is 31.1 Å². The van der Waals surface area contributed by atoms with Gasteiger partial charge in [0.15, 0.2) is 12.8 Å². The molecular formula is C6H15N4O6P. The molecule has 0 saturated carbocycles. The monoisotopic (exact) mass is 270 g/mol. The van der Waals surface area contributed by atoms with Crippen LogP contribution in [0.25, 0.3) is 0 Å². The number of nitrogens with two attached hydrogens (primary N) is 2. The van der Waals surface area contributed by atoms with E-state index >= 15 is 0 Å². The minimum atomic E-state index is -2.52. The van der Waals surface area contributed by atoms with Gasteiger partial charge in [0.1, 0.15) is 6.10 Å². The highest BCUT2D eigenvalue weighted by atomic mass is 31.2. The number of ether oxygens (including phenoxy) is 1. The number of hydrogen-bond acceptors (Lipinski definition) is 6. The number of nitrogens with zero attached hydrogens (tertiary/aromatic N) is 1. The Labute approximate surface area is 98.2 Å². The van der Waals surface area contributed by atoms with Gasteiger partial charge in [0.25, 0.3) is 0 Å². The summed E-state index contributed by atoms with van der Waals surface area (Å²) in [6.45, 7) is -0.896. The zero-order valence-corrected chi connectivity index (χ0v) is 9.71. The summed E-state index contributed by atoms with van der Waals surface area (Å²) in [6.07, 6.45) is -0.775. The van der Waals surface area contributed by atoms with E-state index in [0.717, 1.165) is 0 Å². The van der Waals surface area contributed by atoms with E-state index in [-0.39, 0.29) is 6.54 Å². The smallest absolute Gasteiger partial charge is 0.344 e. The second kappa shape index (κ2) is 9.05. The second-order valence-electron chi connectivity index (χ2n) is 2.69. The third-order valence-corrected chi connectivity index (χ3v) is 1.72. The van der Waals surface area contributed by atoms with Crippen LogP contribution in [0.3, 0.4) is 0 Å². The van der Waals surface area contributed by atoms with Crippen molar-refractivity contribution in [1.82, 2.24) is 5.32 Å². The van der Waals surface area contributed by atoms with Crippen molar-refractivity contribution in [1.29, 1.82) is 0 Å². The molecule has 100 valence electrons. The highest BCUT2D eigenvalue weighted by molar-refractivity contribution is 7.39. The lowest BCUT2D eigenvalue weighted by Crippen LogP contribution is -2.36. The number of aliphatic hydroxyl groups excluding tert-OH is 1. The number of carbonyl (C=O) groups excluding carboxylic acids is 1. The summed E-state index contributed by atoms with van der Waals surface area (Å²) >= 11 is 0. The topological polar surface area (TPSA) is 173 Å². The number of carbonyl (C=O) groups is 1. The molecule has 0 aliphatic rings. The van der Waals surface area contributed by atoms with Gasteiger partial charge in [-0.15, -0.1) is 0 Å². The van der Waals surface area contributed by atoms with Crippen molar-refractivity contribution in [2.45, 2.75) is 6.10 Å². The Morgan fingerprint density at radius 3 is 2.59 bits per heavy atom. The summed E-state index contributed by atoms with van der Waals surface area (Å²) < 4.78 is 9.16. The van der Waals surface area contributed by atoms with Crippen molar-refractivity contribution in [3.8, 4) is 0 Å². The minimum absolute atomic E-state index is 0.0652. The van der Waals surface area contributed by atoms with Crippen LogP contribution in [0.5, 0.6) is 0 Å². The number of aliphatic imine (C=N–C) groups is 1. The molecule has 0 aromatic carbocycles. The van der Waals surface area contributed by atoms with E-state index in [0.29, 0.717) is 0 Å². The molecule has 2 amide bonds. The lowest BCUT2D eigenvalue weighted by molar-refractivity contribution is -0.0578. The number of amides is 2. The van der Waals surface area contributed by atoms with Crippen LogP contribution in [0.2, 0.25) is 0 Å². The molecule has 1 atom stereocenters. The first-order valence-electron chi connectivity index (χ1n) is 4.36. The SMILES string of the molecule is NC(N)=NC(=O)NC[C@@H](CO)OCOP(O)O. The fourth-order valence-electron chi connectivity index (χ4n) is 0.708. The van der Waals surface area contributed by atoms with E-state index in [1.54, 1.807) is 0 Å². The van der Waals surface area contributed by atoms with Crippen LogP contribution in [-0.2, 0) is 9.26 Å². The first kappa shape index (κ1) is 16.0. The van der Waals surface area contributed by atoms with E-state index in [9.17, 15) is 4.79 Å². The number of rotatable bonds is 7. The molecule has 17 heavy (non-hydrogen) atoms. The molecule has 10 nitrogen and oxygen atoms in total. The van der Waals surface area contributed by atoms with Crippen LogP contribution in [0.4, 0.5) is 4.79 Å². The Morgan fingerprint density at radius 2 is 2.12 bits per heavy atom. The lowest BCUT2D eigenvalue weighted by atomic mass is 10.4. The molecule has 0 aliphatic carbocycles. The van der Waals surface area contributed by atoms with Crippen LogP contribution < -0.4 is 16.8 Å². The largest absolute Gasteiger partial charge is 0.394 e. The van der Waals surface area contributed by atoms with Gasteiger partial charge in [0, 0.05) is 6.54 Å². The number of aliphatic hydroxyl groups is 1. The van der Waals surface area contributed by atoms with E-state index in [1.807, 2.05) is 0 Å². The van der Waals surface area contributed by atoms with Gasteiger partial charge in [0.05, 0.1) is 6.61 Å². The van der Waals surface area contributed by atoms with Crippen LogP contribution in [0.15, 0.2) is 4.99 Å². The van der Waals surface area contributed by atoms with Gasteiger partial charge in [-0.3, -0.25) is 4.52 Å². The Hall–Kier alpha value is -1.03. The van der Waals surface area contributed by atoms with Crippen molar-refractivity contribution in [2.24, 2.45) is 16.5 Å². The van der Waals surface area contributed by atoms with E-state index in [1.165, 1.54) is 0 Å². The van der Waals surface area contributed by atoms with Crippen LogP contribution in [-0.4, -0.2) is 52.9 Å². The molecule has 0 aliphatic heterocycles. The molecule has 0 unspecified atom stereocenters. The molecule has 0 fully saturated rings. The third-order valence-electron chi connectivity index (χ3n) is 1.39. The summed E-state index contributed by atoms with van der Waals surface area (Å²) in [4.78, 5) is 30.9. The lowest BCUT2D eigenvalue weighted by Gasteiger charge is -2.15. The Morgan fingerprint density at radius 1 is 1.47 bits per heavy atom. The van der Waals surface area contributed by atoms with E-state index < -0.39 is 40.1 Å². The van der Waals surface area contributed by atoms with Gasteiger partial charge in [-0.1, -0.05) is 0 Å². The molecule has 0 aromatic rings. The Bertz CT molecular complexity index is 259. The highest BCUT2D eigenvalue weighted by Gasteiger charge is 2.10. The molecule has 0 saturated heterocycles. The Kier molecular flexibility index (Phi) is 8.50. The quantitative estimate of drug-likeness (QED) is 0.128. The highest BCUT2D eigenvalue weighted by Crippen LogP contribution is 2.23. The van der Waals surface area contributed by atoms with E-state index in [2.05, 4.69) is 14.8 Å². The maximum atomic E-state index is 11.0. The summed E-state index contributed by atoms with van der Waals surface area (Å²) in [5.41, 5.74) is 9.92. The Balaban J connectivity index is 3.82. The van der Waals surface area contributed by atoms with Gasteiger partial charge in [-0.25, -0.2) is 4.79 Å². The molecule has 0 radical (unpaired) electrons. The average Bonchev–Trinajstić information content (AvgIpc) is 2.21. The summed E-state index contributed by atoms with van der Waals surface area (Å²) in [6, 6.07) is -0.778. The number of urea groups is 1. The van der Waals surface area contributed by atoms with Crippen molar-refractivity contribution >= 4 is 20.6 Å². The minimum Gasteiger partial charge on any atom is -0.394 e. The molecule has 0 aromatic heterocycles. The maximum Gasteiger partial charge on any atom is 0.344 e. The maximum absolute atomic E-state index is 11.0.